The van der Waals surface area contributed by atoms with Crippen LogP contribution in [0.15, 0.2) is 12.1 Å². The third kappa shape index (κ3) is 3.44. The van der Waals surface area contributed by atoms with Crippen molar-refractivity contribution in [3.8, 4) is 0 Å². The van der Waals surface area contributed by atoms with Crippen molar-refractivity contribution >= 4 is 10.9 Å². The Balaban J connectivity index is 0.000000924. The Bertz CT molecular complexity index is 680. The number of rotatable bonds is 2. The monoisotopic (exact) mass is 311 g/mol. The second-order valence-corrected chi connectivity index (χ2v) is 7.20. The fourth-order valence-corrected chi connectivity index (χ4v) is 3.66. The number of hydrogen-bond donors (Lipinski definition) is 0. The summed E-state index contributed by atoms with van der Waals surface area (Å²) < 4.78 is 0. The van der Waals surface area contributed by atoms with Crippen molar-refractivity contribution in [1.82, 2.24) is 4.98 Å². The van der Waals surface area contributed by atoms with Crippen LogP contribution in [-0.2, 0) is 12.8 Å². The molecule has 126 valence electrons. The van der Waals surface area contributed by atoms with Crippen molar-refractivity contribution in [2.24, 2.45) is 0 Å². The molecule has 0 amide bonds. The summed E-state index contributed by atoms with van der Waals surface area (Å²) in [5.74, 6) is 1.04. The zero-order chi connectivity index (χ0) is 17.1. The molecule has 3 rings (SSSR count). The van der Waals surface area contributed by atoms with Crippen LogP contribution in [-0.4, -0.2) is 4.98 Å². The molecule has 0 saturated carbocycles. The minimum absolute atomic E-state index is 0.493. The maximum absolute atomic E-state index is 5.07. The summed E-state index contributed by atoms with van der Waals surface area (Å²) in [6, 6.07) is 4.73. The first-order valence-electron chi connectivity index (χ1n) is 9.45. The van der Waals surface area contributed by atoms with E-state index in [-0.39, 0.29) is 0 Å². The SMILES string of the molecule is CC.Cc1cc2c(C(C)C)cc(C(C)C)nc2c2c1CCCC2. The van der Waals surface area contributed by atoms with Crippen molar-refractivity contribution in [1.29, 1.82) is 0 Å². The molecule has 1 aromatic heterocycles. The van der Waals surface area contributed by atoms with E-state index < -0.39 is 0 Å². The summed E-state index contributed by atoms with van der Waals surface area (Å²) >= 11 is 0. The minimum atomic E-state index is 0.493. The van der Waals surface area contributed by atoms with Gasteiger partial charge in [0.15, 0.2) is 0 Å². The zero-order valence-corrected chi connectivity index (χ0v) is 16.1. The Kier molecular flexibility index (Phi) is 5.84. The number of pyridine rings is 1. The van der Waals surface area contributed by atoms with Gasteiger partial charge >= 0.3 is 0 Å². The quantitative estimate of drug-likeness (QED) is 0.601. The van der Waals surface area contributed by atoms with Crippen molar-refractivity contribution < 1.29 is 0 Å². The second kappa shape index (κ2) is 7.47. The molecule has 0 radical (unpaired) electrons. The lowest BCUT2D eigenvalue weighted by Crippen LogP contribution is -2.09. The Morgan fingerprint density at radius 1 is 0.870 bits per heavy atom. The standard InChI is InChI=1S/C20H27N.C2H6/c1-12(2)17-11-19(13(3)4)21-20-16-9-7-6-8-15(16)14(5)10-18(17)20;1-2/h10-13H,6-9H2,1-5H3;1-2H3. The van der Waals surface area contributed by atoms with E-state index in [2.05, 4.69) is 46.8 Å². The molecule has 1 aliphatic carbocycles. The lowest BCUT2D eigenvalue weighted by molar-refractivity contribution is 0.684. The highest BCUT2D eigenvalue weighted by atomic mass is 14.7. The fourth-order valence-electron chi connectivity index (χ4n) is 3.66. The average molecular weight is 312 g/mol. The predicted molar refractivity (Wildman–Crippen MR) is 103 cm³/mol. The summed E-state index contributed by atoms with van der Waals surface area (Å²) in [6.07, 6.45) is 5.09. The molecule has 1 aromatic carbocycles. The van der Waals surface area contributed by atoms with E-state index in [9.17, 15) is 0 Å². The third-order valence-electron chi connectivity index (χ3n) is 4.91. The summed E-state index contributed by atoms with van der Waals surface area (Å²) in [4.78, 5) is 5.07. The van der Waals surface area contributed by atoms with E-state index in [1.807, 2.05) is 13.8 Å². The van der Waals surface area contributed by atoms with Crippen LogP contribution in [0.2, 0.25) is 0 Å². The molecular formula is C22H33N. The van der Waals surface area contributed by atoms with Gasteiger partial charge < -0.3 is 0 Å². The molecule has 1 aliphatic rings. The minimum Gasteiger partial charge on any atom is -0.252 e. The topological polar surface area (TPSA) is 12.9 Å². The molecule has 2 aromatic rings. The van der Waals surface area contributed by atoms with Gasteiger partial charge in [-0.15, -0.1) is 0 Å². The van der Waals surface area contributed by atoms with Gasteiger partial charge in [0.1, 0.15) is 0 Å². The molecule has 0 spiro atoms. The lowest BCUT2D eigenvalue weighted by atomic mass is 9.84. The molecule has 0 fully saturated rings. The molecule has 23 heavy (non-hydrogen) atoms. The van der Waals surface area contributed by atoms with Gasteiger partial charge in [0.2, 0.25) is 0 Å². The summed E-state index contributed by atoms with van der Waals surface area (Å²) in [6.45, 7) is 15.4. The molecule has 0 saturated heterocycles. The number of benzene rings is 1. The molecule has 1 heteroatoms. The molecule has 0 unspecified atom stereocenters. The van der Waals surface area contributed by atoms with Crippen LogP contribution in [0.1, 0.15) is 94.2 Å². The Morgan fingerprint density at radius 2 is 1.48 bits per heavy atom. The largest absolute Gasteiger partial charge is 0.252 e. The fraction of sp³-hybridized carbons (Fsp3) is 0.591. The summed E-state index contributed by atoms with van der Waals surface area (Å²) in [5, 5.41) is 1.40. The zero-order valence-electron chi connectivity index (χ0n) is 16.1. The maximum atomic E-state index is 5.07. The van der Waals surface area contributed by atoms with Crippen LogP contribution in [0.3, 0.4) is 0 Å². The van der Waals surface area contributed by atoms with Crippen LogP contribution >= 0.6 is 0 Å². The first kappa shape index (κ1) is 18.0. The first-order valence-corrected chi connectivity index (χ1v) is 9.45. The summed E-state index contributed by atoms with van der Waals surface area (Å²) in [7, 11) is 0. The molecule has 0 N–H and O–H groups in total. The van der Waals surface area contributed by atoms with Gasteiger partial charge in [0.05, 0.1) is 5.52 Å². The van der Waals surface area contributed by atoms with Gasteiger partial charge in [-0.3, -0.25) is 4.98 Å². The number of aromatic nitrogens is 1. The number of fused-ring (bicyclic) bond motifs is 3. The average Bonchev–Trinajstić information content (AvgIpc) is 2.56. The van der Waals surface area contributed by atoms with E-state index in [0.29, 0.717) is 11.8 Å². The number of nitrogens with zero attached hydrogens (tertiary/aromatic N) is 1. The Hall–Kier alpha value is -1.37. The molecule has 0 atom stereocenters. The lowest BCUT2D eigenvalue weighted by Gasteiger charge is -2.23. The Labute approximate surface area is 142 Å². The Morgan fingerprint density at radius 3 is 2.04 bits per heavy atom. The van der Waals surface area contributed by atoms with Gasteiger partial charge in [-0.1, -0.05) is 41.5 Å². The summed E-state index contributed by atoms with van der Waals surface area (Å²) in [5.41, 5.74) is 8.61. The van der Waals surface area contributed by atoms with Crippen LogP contribution < -0.4 is 0 Å². The van der Waals surface area contributed by atoms with Gasteiger partial charge in [0, 0.05) is 11.1 Å². The molecule has 0 bridgehead atoms. The molecule has 1 heterocycles. The highest BCUT2D eigenvalue weighted by molar-refractivity contribution is 5.88. The normalized spacial score (nSPS) is 14.0. The number of hydrogen-bond acceptors (Lipinski definition) is 1. The van der Waals surface area contributed by atoms with Crippen molar-refractivity contribution in [2.75, 3.05) is 0 Å². The van der Waals surface area contributed by atoms with E-state index in [0.717, 1.165) is 0 Å². The van der Waals surface area contributed by atoms with Crippen LogP contribution in [0, 0.1) is 6.92 Å². The van der Waals surface area contributed by atoms with Crippen LogP contribution in [0.5, 0.6) is 0 Å². The van der Waals surface area contributed by atoms with Crippen molar-refractivity contribution in [2.45, 2.75) is 86.0 Å². The van der Waals surface area contributed by atoms with E-state index >= 15 is 0 Å². The van der Waals surface area contributed by atoms with Gasteiger partial charge in [-0.2, -0.15) is 0 Å². The van der Waals surface area contributed by atoms with E-state index in [1.54, 1.807) is 11.1 Å². The van der Waals surface area contributed by atoms with Gasteiger partial charge in [-0.05, 0) is 78.8 Å². The second-order valence-electron chi connectivity index (χ2n) is 7.20. The van der Waals surface area contributed by atoms with Crippen molar-refractivity contribution in [3.05, 3.63) is 40.1 Å². The molecular weight excluding hydrogens is 278 g/mol. The van der Waals surface area contributed by atoms with Crippen LogP contribution in [0.4, 0.5) is 0 Å². The van der Waals surface area contributed by atoms with E-state index in [1.165, 1.54) is 53.4 Å². The van der Waals surface area contributed by atoms with E-state index in [4.69, 9.17) is 4.98 Å². The van der Waals surface area contributed by atoms with Crippen LogP contribution in [0.25, 0.3) is 10.9 Å². The molecule has 0 aliphatic heterocycles. The number of aryl methyl sites for hydroxylation is 2. The smallest absolute Gasteiger partial charge is 0.0743 e. The maximum Gasteiger partial charge on any atom is 0.0743 e. The predicted octanol–water partition coefficient (Wildman–Crippen LogP) is 6.70. The molecule has 1 nitrogen and oxygen atoms in total. The van der Waals surface area contributed by atoms with Gasteiger partial charge in [-0.25, -0.2) is 0 Å². The van der Waals surface area contributed by atoms with Crippen molar-refractivity contribution in [3.63, 3.8) is 0 Å². The highest BCUT2D eigenvalue weighted by Gasteiger charge is 2.19. The highest BCUT2D eigenvalue weighted by Crippen LogP contribution is 2.35. The third-order valence-corrected chi connectivity index (χ3v) is 4.91. The van der Waals surface area contributed by atoms with Gasteiger partial charge in [0.25, 0.3) is 0 Å². The first-order chi connectivity index (χ1) is 11.0.